The molecule has 84 valence electrons. The fourth-order valence-corrected chi connectivity index (χ4v) is 1.10. The van der Waals surface area contributed by atoms with Gasteiger partial charge in [-0.05, 0) is 24.2 Å². The maximum Gasteiger partial charge on any atom is 0.302 e. The predicted octanol–water partition coefficient (Wildman–Crippen LogP) is 3.74. The van der Waals surface area contributed by atoms with Crippen molar-refractivity contribution < 1.29 is 9.53 Å². The Hall–Kier alpha value is -0.830. The van der Waals surface area contributed by atoms with Crippen molar-refractivity contribution in [2.75, 3.05) is 6.61 Å². The number of hydrogen-bond acceptors (Lipinski definition) is 2. The van der Waals surface area contributed by atoms with Crippen molar-refractivity contribution >= 4 is 21.9 Å². The molecule has 0 amide bonds. The van der Waals surface area contributed by atoms with Crippen LogP contribution in [-0.4, -0.2) is 12.6 Å². The third-order valence-electron chi connectivity index (χ3n) is 1.61. The van der Waals surface area contributed by atoms with Crippen molar-refractivity contribution in [2.24, 2.45) is 0 Å². The van der Waals surface area contributed by atoms with Gasteiger partial charge in [0, 0.05) is 6.92 Å². The zero-order valence-electron chi connectivity index (χ0n) is 8.99. The van der Waals surface area contributed by atoms with Gasteiger partial charge in [-0.3, -0.25) is 4.79 Å². The average Bonchev–Trinajstić information content (AvgIpc) is 2.20. The summed E-state index contributed by atoms with van der Waals surface area (Å²) in [6.45, 7) is 1.97. The van der Waals surface area contributed by atoms with E-state index in [-0.39, 0.29) is 5.97 Å². The van der Waals surface area contributed by atoms with Crippen LogP contribution >= 0.6 is 15.9 Å². The SMILES string of the molecule is CC(=O)OCCCC/C=C/C=C/C=C\Br. The molecule has 0 radical (unpaired) electrons. The molecular formula is C12H17BrO2. The van der Waals surface area contributed by atoms with E-state index in [1.54, 1.807) is 4.99 Å². The molecule has 0 atom stereocenters. The molecule has 0 fully saturated rings. The van der Waals surface area contributed by atoms with Gasteiger partial charge in [-0.2, -0.15) is 0 Å². The Morgan fingerprint density at radius 1 is 1.20 bits per heavy atom. The molecule has 0 aliphatic heterocycles. The molecule has 0 saturated heterocycles. The lowest BCUT2D eigenvalue weighted by Crippen LogP contribution is -1.99. The van der Waals surface area contributed by atoms with E-state index in [4.69, 9.17) is 4.74 Å². The van der Waals surface area contributed by atoms with E-state index in [2.05, 4.69) is 22.0 Å². The number of carbonyl (C=O) groups is 1. The van der Waals surface area contributed by atoms with Crippen LogP contribution in [-0.2, 0) is 9.53 Å². The predicted molar refractivity (Wildman–Crippen MR) is 66.8 cm³/mol. The van der Waals surface area contributed by atoms with Crippen molar-refractivity contribution in [1.82, 2.24) is 0 Å². The highest BCUT2D eigenvalue weighted by Crippen LogP contribution is 1.97. The fraction of sp³-hybridized carbons (Fsp3) is 0.417. The summed E-state index contributed by atoms with van der Waals surface area (Å²) in [4.78, 5) is 12.2. The van der Waals surface area contributed by atoms with Crippen LogP contribution in [0.15, 0.2) is 35.4 Å². The number of esters is 1. The Bertz CT molecular complexity index is 242. The molecule has 0 saturated carbocycles. The highest BCUT2D eigenvalue weighted by molar-refractivity contribution is 9.11. The number of hydrogen-bond donors (Lipinski definition) is 0. The molecule has 3 heteroatoms. The van der Waals surface area contributed by atoms with Gasteiger partial charge >= 0.3 is 5.97 Å². The highest BCUT2D eigenvalue weighted by atomic mass is 79.9. The topological polar surface area (TPSA) is 26.3 Å². The maximum atomic E-state index is 10.4. The quantitative estimate of drug-likeness (QED) is 0.401. The summed E-state index contributed by atoms with van der Waals surface area (Å²) in [5.74, 6) is -0.199. The minimum absolute atomic E-state index is 0.199. The second-order valence-corrected chi connectivity index (χ2v) is 3.50. The molecule has 0 aliphatic rings. The van der Waals surface area contributed by atoms with E-state index in [1.807, 2.05) is 24.3 Å². The summed E-state index contributed by atoms with van der Waals surface area (Å²) in [7, 11) is 0. The number of allylic oxidation sites excluding steroid dienone is 5. The molecule has 15 heavy (non-hydrogen) atoms. The van der Waals surface area contributed by atoms with Gasteiger partial charge in [0.25, 0.3) is 0 Å². The maximum absolute atomic E-state index is 10.4. The smallest absolute Gasteiger partial charge is 0.302 e. The molecule has 2 nitrogen and oxygen atoms in total. The van der Waals surface area contributed by atoms with Gasteiger partial charge in [0.1, 0.15) is 0 Å². The number of carbonyl (C=O) groups excluding carboxylic acids is 1. The minimum Gasteiger partial charge on any atom is -0.466 e. The standard InChI is InChI=1S/C12H17BrO2/c1-12(14)15-11-9-7-5-3-2-4-6-8-10-13/h2-4,6,8,10H,5,7,9,11H2,1H3/b3-2+,6-4+,10-8-. The largest absolute Gasteiger partial charge is 0.466 e. The molecule has 0 N–H and O–H groups in total. The lowest BCUT2D eigenvalue weighted by Gasteiger charge is -1.98. The Labute approximate surface area is 99.8 Å². The fourth-order valence-electron chi connectivity index (χ4n) is 0.925. The molecule has 0 aliphatic carbocycles. The molecule has 0 spiro atoms. The van der Waals surface area contributed by atoms with Gasteiger partial charge in [0.05, 0.1) is 6.61 Å². The van der Waals surface area contributed by atoms with Gasteiger partial charge in [-0.15, -0.1) is 0 Å². The summed E-state index contributed by atoms with van der Waals surface area (Å²) in [5.41, 5.74) is 0. The van der Waals surface area contributed by atoms with Gasteiger partial charge in [-0.25, -0.2) is 0 Å². The average molecular weight is 273 g/mol. The van der Waals surface area contributed by atoms with Crippen LogP contribution in [0.25, 0.3) is 0 Å². The lowest BCUT2D eigenvalue weighted by atomic mass is 10.2. The van der Waals surface area contributed by atoms with Crippen molar-refractivity contribution in [3.8, 4) is 0 Å². The molecule has 0 unspecified atom stereocenters. The van der Waals surface area contributed by atoms with Gasteiger partial charge in [-0.1, -0.05) is 46.3 Å². The molecule has 0 rings (SSSR count). The second kappa shape index (κ2) is 11.2. The zero-order chi connectivity index (χ0) is 11.4. The Morgan fingerprint density at radius 2 is 1.93 bits per heavy atom. The molecule has 0 heterocycles. The first-order valence-electron chi connectivity index (χ1n) is 4.99. The van der Waals surface area contributed by atoms with Gasteiger partial charge < -0.3 is 4.74 Å². The lowest BCUT2D eigenvalue weighted by molar-refractivity contribution is -0.141. The van der Waals surface area contributed by atoms with Crippen molar-refractivity contribution in [3.05, 3.63) is 35.4 Å². The van der Waals surface area contributed by atoms with E-state index in [1.165, 1.54) is 6.92 Å². The first-order chi connectivity index (χ1) is 7.27. The molecule has 0 aromatic heterocycles. The number of halogens is 1. The van der Waals surface area contributed by atoms with Crippen LogP contribution in [0, 0.1) is 0 Å². The van der Waals surface area contributed by atoms with E-state index in [0.29, 0.717) is 6.61 Å². The number of rotatable bonds is 7. The monoisotopic (exact) mass is 272 g/mol. The first kappa shape index (κ1) is 14.2. The third kappa shape index (κ3) is 13.2. The van der Waals surface area contributed by atoms with E-state index >= 15 is 0 Å². The van der Waals surface area contributed by atoms with Crippen LogP contribution in [0.5, 0.6) is 0 Å². The van der Waals surface area contributed by atoms with Gasteiger partial charge in [0.2, 0.25) is 0 Å². The first-order valence-corrected chi connectivity index (χ1v) is 5.91. The molecular weight excluding hydrogens is 256 g/mol. The number of ether oxygens (including phenoxy) is 1. The minimum atomic E-state index is -0.199. The van der Waals surface area contributed by atoms with E-state index < -0.39 is 0 Å². The molecule has 0 aromatic rings. The summed E-state index contributed by atoms with van der Waals surface area (Å²) < 4.78 is 4.81. The summed E-state index contributed by atoms with van der Waals surface area (Å²) >= 11 is 3.17. The van der Waals surface area contributed by atoms with E-state index in [9.17, 15) is 4.79 Å². The highest BCUT2D eigenvalue weighted by Gasteiger charge is 1.90. The molecule has 0 bridgehead atoms. The summed E-state index contributed by atoms with van der Waals surface area (Å²) in [6, 6.07) is 0. The van der Waals surface area contributed by atoms with Crippen LogP contribution in [0.2, 0.25) is 0 Å². The summed E-state index contributed by atoms with van der Waals surface area (Å²) in [6.07, 6.45) is 12.9. The third-order valence-corrected chi connectivity index (χ3v) is 1.92. The molecule has 0 aromatic carbocycles. The van der Waals surface area contributed by atoms with E-state index in [0.717, 1.165) is 19.3 Å². The van der Waals surface area contributed by atoms with Crippen molar-refractivity contribution in [1.29, 1.82) is 0 Å². The Kier molecular flexibility index (Phi) is 10.6. The van der Waals surface area contributed by atoms with Gasteiger partial charge in [0.15, 0.2) is 0 Å². The van der Waals surface area contributed by atoms with Crippen molar-refractivity contribution in [3.63, 3.8) is 0 Å². The normalized spacial score (nSPS) is 11.9. The van der Waals surface area contributed by atoms with Crippen LogP contribution in [0.4, 0.5) is 0 Å². The Balaban J connectivity index is 3.27. The van der Waals surface area contributed by atoms with Crippen LogP contribution < -0.4 is 0 Å². The second-order valence-electron chi connectivity index (χ2n) is 2.97. The van der Waals surface area contributed by atoms with Crippen LogP contribution in [0.1, 0.15) is 26.2 Å². The van der Waals surface area contributed by atoms with Crippen LogP contribution in [0.3, 0.4) is 0 Å². The Morgan fingerprint density at radius 3 is 2.60 bits per heavy atom. The van der Waals surface area contributed by atoms with Crippen molar-refractivity contribution in [2.45, 2.75) is 26.2 Å². The number of unbranched alkanes of at least 4 members (excludes halogenated alkanes) is 2. The summed E-state index contributed by atoms with van der Waals surface area (Å²) in [5, 5.41) is 0. The zero-order valence-corrected chi connectivity index (χ0v) is 10.6.